The van der Waals surface area contributed by atoms with E-state index in [2.05, 4.69) is 13.2 Å². The molecule has 0 aliphatic carbocycles. The van der Waals surface area contributed by atoms with E-state index in [1.54, 1.807) is 0 Å². The number of carboxylic acids is 2. The highest BCUT2D eigenvalue weighted by Crippen LogP contribution is 2.18. The van der Waals surface area contributed by atoms with E-state index < -0.39 is 36.1 Å². The molecule has 4 N–H and O–H groups in total. The number of rotatable bonds is 7. The van der Waals surface area contributed by atoms with Crippen molar-refractivity contribution in [1.29, 1.82) is 0 Å². The van der Waals surface area contributed by atoms with Crippen molar-refractivity contribution in [2.75, 3.05) is 6.61 Å². The molecule has 90 valence electrons. The first-order chi connectivity index (χ1) is 7.31. The highest BCUT2D eigenvalue weighted by molar-refractivity contribution is 5.87. The fraction of sp³-hybridized carbons (Fsp3) is 0.400. The molecule has 0 heterocycles. The molecule has 0 aromatic rings. The predicted octanol–water partition coefficient (Wildman–Crippen LogP) is -0.373. The Labute approximate surface area is 92.1 Å². The summed E-state index contributed by atoms with van der Waals surface area (Å²) in [5.41, 5.74) is -0.726. The van der Waals surface area contributed by atoms with Crippen molar-refractivity contribution >= 4 is 11.9 Å². The molecule has 0 aliphatic heterocycles. The number of carbonyl (C=O) groups is 2. The number of aliphatic carboxylic acids is 2. The van der Waals surface area contributed by atoms with Crippen LogP contribution in [0.3, 0.4) is 0 Å². The molecule has 0 saturated carbocycles. The van der Waals surface area contributed by atoms with Gasteiger partial charge in [-0.3, -0.25) is 0 Å². The molecule has 6 nitrogen and oxygen atoms in total. The van der Waals surface area contributed by atoms with E-state index in [0.29, 0.717) is 0 Å². The first-order valence-corrected chi connectivity index (χ1v) is 4.44. The molecule has 6 heteroatoms. The monoisotopic (exact) mass is 230 g/mol. The Morgan fingerprint density at radius 3 is 1.81 bits per heavy atom. The fourth-order valence-electron chi connectivity index (χ4n) is 1.06. The lowest BCUT2D eigenvalue weighted by atomic mass is 9.92. The second-order valence-corrected chi connectivity index (χ2v) is 3.29. The van der Waals surface area contributed by atoms with E-state index >= 15 is 0 Å². The van der Waals surface area contributed by atoms with Gasteiger partial charge in [-0.2, -0.15) is 0 Å². The van der Waals surface area contributed by atoms with Gasteiger partial charge in [0.25, 0.3) is 0 Å². The highest BCUT2D eigenvalue weighted by Gasteiger charge is 2.24. The molecular formula is C10H14O6. The van der Waals surface area contributed by atoms with Crippen LogP contribution < -0.4 is 0 Å². The van der Waals surface area contributed by atoms with E-state index in [-0.39, 0.29) is 12.0 Å². The van der Waals surface area contributed by atoms with Gasteiger partial charge in [0.15, 0.2) is 0 Å². The van der Waals surface area contributed by atoms with Gasteiger partial charge >= 0.3 is 11.9 Å². The maximum Gasteiger partial charge on any atom is 0.333 e. The Balaban J connectivity index is 4.56. The third-order valence-electron chi connectivity index (χ3n) is 2.17. The van der Waals surface area contributed by atoms with Crippen molar-refractivity contribution in [2.45, 2.75) is 12.5 Å². The Hall–Kier alpha value is -1.66. The van der Waals surface area contributed by atoms with Crippen LogP contribution in [0.15, 0.2) is 24.3 Å². The number of hydrogen-bond acceptors (Lipinski definition) is 4. The second kappa shape index (κ2) is 6.04. The SMILES string of the molecule is C=C(C(=O)O)C(O)CC(CO)C(=C)C(=O)O. The molecule has 0 aliphatic rings. The third kappa shape index (κ3) is 3.84. The molecule has 16 heavy (non-hydrogen) atoms. The minimum Gasteiger partial charge on any atom is -0.478 e. The molecule has 0 fully saturated rings. The number of carboxylic acid groups (broad SMARTS) is 2. The molecule has 0 spiro atoms. The van der Waals surface area contributed by atoms with E-state index in [0.717, 1.165) is 0 Å². The van der Waals surface area contributed by atoms with Crippen LogP contribution in [0.5, 0.6) is 0 Å². The summed E-state index contributed by atoms with van der Waals surface area (Å²) in [6.45, 7) is 5.84. The largest absolute Gasteiger partial charge is 0.478 e. The minimum atomic E-state index is -1.41. The van der Waals surface area contributed by atoms with Gasteiger partial charge in [-0.1, -0.05) is 13.2 Å². The molecule has 0 aromatic heterocycles. The van der Waals surface area contributed by atoms with Crippen LogP contribution in [0.2, 0.25) is 0 Å². The highest BCUT2D eigenvalue weighted by atomic mass is 16.4. The lowest BCUT2D eigenvalue weighted by Crippen LogP contribution is -2.25. The third-order valence-corrected chi connectivity index (χ3v) is 2.17. The normalized spacial score (nSPS) is 13.9. The quantitative estimate of drug-likeness (QED) is 0.443. The molecule has 2 atom stereocenters. The van der Waals surface area contributed by atoms with Gasteiger partial charge in [-0.25, -0.2) is 9.59 Å². The fourth-order valence-corrected chi connectivity index (χ4v) is 1.06. The summed E-state index contributed by atoms with van der Waals surface area (Å²) in [6, 6.07) is 0. The molecule has 0 rings (SSSR count). The van der Waals surface area contributed by atoms with Crippen molar-refractivity contribution in [3.05, 3.63) is 24.3 Å². The lowest BCUT2D eigenvalue weighted by Gasteiger charge is -2.18. The van der Waals surface area contributed by atoms with Crippen LogP contribution >= 0.6 is 0 Å². The first kappa shape index (κ1) is 14.3. The van der Waals surface area contributed by atoms with Gasteiger partial charge in [-0.05, 0) is 6.42 Å². The summed E-state index contributed by atoms with van der Waals surface area (Å²) in [5, 5.41) is 35.4. The van der Waals surface area contributed by atoms with Gasteiger partial charge < -0.3 is 20.4 Å². The van der Waals surface area contributed by atoms with E-state index in [1.807, 2.05) is 0 Å². The van der Waals surface area contributed by atoms with E-state index in [4.69, 9.17) is 15.3 Å². The lowest BCUT2D eigenvalue weighted by molar-refractivity contribution is -0.134. The van der Waals surface area contributed by atoms with E-state index in [9.17, 15) is 14.7 Å². The van der Waals surface area contributed by atoms with Crippen LogP contribution in [0, 0.1) is 5.92 Å². The summed E-state index contributed by atoms with van der Waals surface area (Å²) in [5.74, 6) is -3.57. The summed E-state index contributed by atoms with van der Waals surface area (Å²) in [4.78, 5) is 21.0. The van der Waals surface area contributed by atoms with Crippen LogP contribution in [0.1, 0.15) is 6.42 Å². The number of hydrogen-bond donors (Lipinski definition) is 4. The summed E-state index contributed by atoms with van der Waals surface area (Å²) >= 11 is 0. The van der Waals surface area contributed by atoms with Gasteiger partial charge in [-0.15, -0.1) is 0 Å². The zero-order chi connectivity index (χ0) is 12.9. The zero-order valence-corrected chi connectivity index (χ0v) is 8.59. The smallest absolute Gasteiger partial charge is 0.333 e. The molecule has 0 bridgehead atoms. The number of aliphatic hydroxyl groups is 2. The van der Waals surface area contributed by atoms with Crippen molar-refractivity contribution in [1.82, 2.24) is 0 Å². The standard InChI is InChI=1S/C10H14O6/c1-5(9(13)14)7(4-11)3-8(12)6(2)10(15)16/h7-8,11-12H,1-4H2,(H,13,14)(H,15,16). The van der Waals surface area contributed by atoms with Crippen LogP contribution in [-0.2, 0) is 9.59 Å². The summed E-state index contributed by atoms with van der Waals surface area (Å²) in [7, 11) is 0. The van der Waals surface area contributed by atoms with Gasteiger partial charge in [0.1, 0.15) is 0 Å². The predicted molar refractivity (Wildman–Crippen MR) is 54.8 cm³/mol. The van der Waals surface area contributed by atoms with Crippen LogP contribution in [-0.4, -0.2) is 45.1 Å². The Morgan fingerprint density at radius 1 is 1.06 bits per heavy atom. The average Bonchev–Trinajstić information content (AvgIpc) is 2.22. The molecule has 0 saturated heterocycles. The van der Waals surface area contributed by atoms with Crippen molar-refractivity contribution < 1.29 is 30.0 Å². The van der Waals surface area contributed by atoms with Crippen LogP contribution in [0.25, 0.3) is 0 Å². The van der Waals surface area contributed by atoms with Crippen LogP contribution in [0.4, 0.5) is 0 Å². The number of aliphatic hydroxyl groups excluding tert-OH is 2. The topological polar surface area (TPSA) is 115 Å². The molecule has 2 unspecified atom stereocenters. The average molecular weight is 230 g/mol. The summed E-state index contributed by atoms with van der Waals surface area (Å²) in [6.07, 6.45) is -1.65. The van der Waals surface area contributed by atoms with Crippen molar-refractivity contribution in [3.63, 3.8) is 0 Å². The first-order valence-electron chi connectivity index (χ1n) is 4.44. The van der Waals surface area contributed by atoms with Gasteiger partial charge in [0.2, 0.25) is 0 Å². The zero-order valence-electron chi connectivity index (χ0n) is 8.59. The molecular weight excluding hydrogens is 216 g/mol. The van der Waals surface area contributed by atoms with Gasteiger partial charge in [0.05, 0.1) is 18.3 Å². The van der Waals surface area contributed by atoms with Gasteiger partial charge in [0, 0.05) is 11.5 Å². The second-order valence-electron chi connectivity index (χ2n) is 3.29. The minimum absolute atomic E-state index is 0.243. The van der Waals surface area contributed by atoms with Crippen molar-refractivity contribution in [2.24, 2.45) is 5.92 Å². The maximum absolute atomic E-state index is 10.6. The van der Waals surface area contributed by atoms with E-state index in [1.165, 1.54) is 0 Å². The molecule has 0 aromatic carbocycles. The molecule has 0 radical (unpaired) electrons. The Bertz CT molecular complexity index is 319. The molecule has 0 amide bonds. The summed E-state index contributed by atoms with van der Waals surface area (Å²) < 4.78 is 0. The Kier molecular flexibility index (Phi) is 5.41. The maximum atomic E-state index is 10.6. The Morgan fingerprint density at radius 2 is 1.50 bits per heavy atom. The van der Waals surface area contributed by atoms with Crippen molar-refractivity contribution in [3.8, 4) is 0 Å².